The molecule has 0 heterocycles. The molecule has 7 heteroatoms. The summed E-state index contributed by atoms with van der Waals surface area (Å²) < 4.78 is 10.1. The Labute approximate surface area is 192 Å². The van der Waals surface area contributed by atoms with Gasteiger partial charge in [-0.05, 0) is 59.7 Å². The van der Waals surface area contributed by atoms with Gasteiger partial charge < -0.3 is 20.1 Å². The summed E-state index contributed by atoms with van der Waals surface area (Å²) in [6.45, 7) is 1.60. The lowest BCUT2D eigenvalue weighted by molar-refractivity contribution is -0.131. The second kappa shape index (κ2) is 11.3. The van der Waals surface area contributed by atoms with Crippen molar-refractivity contribution in [2.75, 3.05) is 12.4 Å². The molecule has 2 amide bonds. The quantitative estimate of drug-likeness (QED) is 0.309. The van der Waals surface area contributed by atoms with Crippen LogP contribution in [0, 0.1) is 0 Å². The Morgan fingerprint density at radius 1 is 0.909 bits per heavy atom. The average molecular weight is 444 g/mol. The number of carbonyl (C=O) groups is 3. The standard InChI is InChI=1S/C26H24N2O5/c1-18(29)33-24-8-4-6-21(16-24)26(31)28-22-7-3-5-20(15-22)17-27-25(30)14-11-19-9-12-23(32-2)13-10-19/h3-16H,17H2,1-2H3,(H,27,30)(H,28,31)/b14-11+. The van der Waals surface area contributed by atoms with E-state index >= 15 is 0 Å². The minimum atomic E-state index is -0.457. The fourth-order valence-electron chi connectivity index (χ4n) is 2.96. The zero-order valence-corrected chi connectivity index (χ0v) is 18.3. The van der Waals surface area contributed by atoms with Gasteiger partial charge in [-0.25, -0.2) is 0 Å². The van der Waals surface area contributed by atoms with Crippen LogP contribution >= 0.6 is 0 Å². The molecule has 0 saturated carbocycles. The van der Waals surface area contributed by atoms with Crippen molar-refractivity contribution in [1.82, 2.24) is 5.32 Å². The molecular weight excluding hydrogens is 420 g/mol. The first-order chi connectivity index (χ1) is 15.9. The van der Waals surface area contributed by atoms with Gasteiger partial charge in [0, 0.05) is 30.8 Å². The van der Waals surface area contributed by atoms with Crippen LogP contribution in [0.15, 0.2) is 78.9 Å². The molecule has 0 radical (unpaired) electrons. The van der Waals surface area contributed by atoms with Crippen LogP contribution in [-0.4, -0.2) is 24.9 Å². The third-order valence-corrected chi connectivity index (χ3v) is 4.55. The summed E-state index contributed by atoms with van der Waals surface area (Å²) in [5.41, 5.74) is 2.65. The number of esters is 1. The van der Waals surface area contributed by atoms with Gasteiger partial charge in [0.05, 0.1) is 7.11 Å². The molecule has 2 N–H and O–H groups in total. The van der Waals surface area contributed by atoms with Crippen LogP contribution in [0.1, 0.15) is 28.4 Å². The van der Waals surface area contributed by atoms with Gasteiger partial charge in [-0.2, -0.15) is 0 Å². The molecule has 168 valence electrons. The molecule has 0 unspecified atom stereocenters. The van der Waals surface area contributed by atoms with E-state index < -0.39 is 5.97 Å². The van der Waals surface area contributed by atoms with E-state index in [1.165, 1.54) is 19.1 Å². The zero-order chi connectivity index (χ0) is 23.6. The molecule has 3 aromatic rings. The third kappa shape index (κ3) is 7.36. The molecule has 0 fully saturated rings. The molecule has 0 atom stereocenters. The Kier molecular flexibility index (Phi) is 7.96. The van der Waals surface area contributed by atoms with E-state index in [0.717, 1.165) is 16.9 Å². The smallest absolute Gasteiger partial charge is 0.308 e. The number of carbonyl (C=O) groups excluding carboxylic acids is 3. The van der Waals surface area contributed by atoms with Crippen LogP contribution in [0.5, 0.6) is 11.5 Å². The lowest BCUT2D eigenvalue weighted by atomic mass is 10.1. The summed E-state index contributed by atoms with van der Waals surface area (Å²) in [5, 5.41) is 5.62. The lowest BCUT2D eigenvalue weighted by Crippen LogP contribution is -2.20. The molecular formula is C26H24N2O5. The number of rotatable bonds is 8. The Hall–Kier alpha value is -4.39. The minimum Gasteiger partial charge on any atom is -0.497 e. The first-order valence-corrected chi connectivity index (χ1v) is 10.2. The minimum absolute atomic E-state index is 0.234. The van der Waals surface area contributed by atoms with Crippen LogP contribution < -0.4 is 20.1 Å². The highest BCUT2D eigenvalue weighted by molar-refractivity contribution is 6.04. The molecule has 0 aliphatic rings. The Morgan fingerprint density at radius 3 is 2.39 bits per heavy atom. The molecule has 0 aliphatic heterocycles. The molecule has 33 heavy (non-hydrogen) atoms. The van der Waals surface area contributed by atoms with Crippen molar-refractivity contribution in [3.05, 3.63) is 95.6 Å². The monoisotopic (exact) mass is 444 g/mol. The van der Waals surface area contributed by atoms with E-state index in [1.807, 2.05) is 30.3 Å². The highest BCUT2D eigenvalue weighted by atomic mass is 16.5. The number of anilines is 1. The van der Waals surface area contributed by atoms with Gasteiger partial charge in [-0.15, -0.1) is 0 Å². The number of nitrogens with one attached hydrogen (secondary N) is 2. The molecule has 0 saturated heterocycles. The predicted molar refractivity (Wildman–Crippen MR) is 126 cm³/mol. The molecule has 0 spiro atoms. The summed E-state index contributed by atoms with van der Waals surface area (Å²) in [4.78, 5) is 35.8. The zero-order valence-electron chi connectivity index (χ0n) is 18.3. The summed E-state index contributed by atoms with van der Waals surface area (Å²) in [7, 11) is 1.60. The van der Waals surface area contributed by atoms with Crippen molar-refractivity contribution in [1.29, 1.82) is 0 Å². The van der Waals surface area contributed by atoms with Crippen molar-refractivity contribution >= 4 is 29.5 Å². The molecule has 3 aromatic carbocycles. The summed E-state index contributed by atoms with van der Waals surface area (Å²) in [6.07, 6.45) is 3.18. The number of hydrogen-bond acceptors (Lipinski definition) is 5. The van der Waals surface area contributed by atoms with E-state index in [9.17, 15) is 14.4 Å². The lowest BCUT2D eigenvalue weighted by Gasteiger charge is -2.09. The van der Waals surface area contributed by atoms with Crippen LogP contribution in [-0.2, 0) is 16.1 Å². The van der Waals surface area contributed by atoms with E-state index in [-0.39, 0.29) is 11.8 Å². The first-order valence-electron chi connectivity index (χ1n) is 10.2. The Bertz CT molecular complexity index is 1170. The maximum Gasteiger partial charge on any atom is 0.308 e. The van der Waals surface area contributed by atoms with Gasteiger partial charge >= 0.3 is 5.97 Å². The van der Waals surface area contributed by atoms with Gasteiger partial charge in [-0.3, -0.25) is 14.4 Å². The second-order valence-electron chi connectivity index (χ2n) is 7.10. The Balaban J connectivity index is 1.56. The molecule has 3 rings (SSSR count). The summed E-state index contributed by atoms with van der Waals surface area (Å²) in [6, 6.07) is 20.9. The van der Waals surface area contributed by atoms with Crippen molar-refractivity contribution in [2.24, 2.45) is 0 Å². The van der Waals surface area contributed by atoms with Gasteiger partial charge in [0.2, 0.25) is 5.91 Å². The van der Waals surface area contributed by atoms with Gasteiger partial charge in [0.1, 0.15) is 11.5 Å². The molecule has 0 aliphatic carbocycles. The highest BCUT2D eigenvalue weighted by Gasteiger charge is 2.09. The van der Waals surface area contributed by atoms with E-state index in [2.05, 4.69) is 10.6 Å². The van der Waals surface area contributed by atoms with Crippen molar-refractivity contribution in [3.8, 4) is 11.5 Å². The van der Waals surface area contributed by atoms with E-state index in [1.54, 1.807) is 49.6 Å². The van der Waals surface area contributed by atoms with Gasteiger partial charge in [0.15, 0.2) is 0 Å². The maximum atomic E-state index is 12.6. The fourth-order valence-corrected chi connectivity index (χ4v) is 2.96. The fraction of sp³-hybridized carbons (Fsp3) is 0.115. The maximum absolute atomic E-state index is 12.6. The summed E-state index contributed by atoms with van der Waals surface area (Å²) in [5.74, 6) is 0.0197. The van der Waals surface area contributed by atoms with Gasteiger partial charge in [-0.1, -0.05) is 30.3 Å². The molecule has 7 nitrogen and oxygen atoms in total. The van der Waals surface area contributed by atoms with E-state index in [0.29, 0.717) is 23.5 Å². The third-order valence-electron chi connectivity index (χ3n) is 4.55. The number of methoxy groups -OCH3 is 1. The summed E-state index contributed by atoms with van der Waals surface area (Å²) >= 11 is 0. The van der Waals surface area contributed by atoms with Crippen LogP contribution in [0.3, 0.4) is 0 Å². The predicted octanol–water partition coefficient (Wildman–Crippen LogP) is 4.20. The van der Waals surface area contributed by atoms with Crippen LogP contribution in [0.2, 0.25) is 0 Å². The van der Waals surface area contributed by atoms with Crippen molar-refractivity contribution in [2.45, 2.75) is 13.5 Å². The van der Waals surface area contributed by atoms with Crippen LogP contribution in [0.25, 0.3) is 6.08 Å². The average Bonchev–Trinajstić information content (AvgIpc) is 2.81. The largest absolute Gasteiger partial charge is 0.497 e. The normalized spacial score (nSPS) is 10.5. The number of hydrogen-bond donors (Lipinski definition) is 2. The molecule has 0 aromatic heterocycles. The number of benzene rings is 3. The Morgan fingerprint density at radius 2 is 1.67 bits per heavy atom. The topological polar surface area (TPSA) is 93.7 Å². The second-order valence-corrected chi connectivity index (χ2v) is 7.10. The first kappa shape index (κ1) is 23.3. The number of amides is 2. The number of ether oxygens (including phenoxy) is 2. The van der Waals surface area contributed by atoms with Crippen LogP contribution in [0.4, 0.5) is 5.69 Å². The SMILES string of the molecule is COc1ccc(/C=C/C(=O)NCc2cccc(NC(=O)c3cccc(OC(C)=O)c3)c2)cc1. The van der Waals surface area contributed by atoms with Crippen molar-refractivity contribution in [3.63, 3.8) is 0 Å². The highest BCUT2D eigenvalue weighted by Crippen LogP contribution is 2.17. The molecule has 0 bridgehead atoms. The van der Waals surface area contributed by atoms with E-state index in [4.69, 9.17) is 9.47 Å². The van der Waals surface area contributed by atoms with Crippen molar-refractivity contribution < 1.29 is 23.9 Å². The van der Waals surface area contributed by atoms with Gasteiger partial charge in [0.25, 0.3) is 5.91 Å².